The molecule has 0 saturated carbocycles. The average Bonchev–Trinajstić information content (AvgIpc) is 3.21. The van der Waals surface area contributed by atoms with Crippen LogP contribution in [0.25, 0.3) is 0 Å². The molecule has 0 saturated heterocycles. The number of esters is 1. The highest BCUT2D eigenvalue weighted by Gasteiger charge is 2.26. The summed E-state index contributed by atoms with van der Waals surface area (Å²) in [5.41, 5.74) is 5.89. The predicted octanol–water partition coefficient (Wildman–Crippen LogP) is 1.69. The highest BCUT2D eigenvalue weighted by atomic mass is 32.2. The maximum absolute atomic E-state index is 12.7. The van der Waals surface area contributed by atoms with Crippen molar-refractivity contribution < 1.29 is 14.3 Å². The van der Waals surface area contributed by atoms with Crippen LogP contribution in [0.2, 0.25) is 0 Å². The van der Waals surface area contributed by atoms with Crippen molar-refractivity contribution in [2.24, 2.45) is 0 Å². The number of carbonyl (C=O) groups is 2. The van der Waals surface area contributed by atoms with Gasteiger partial charge in [-0.2, -0.15) is 0 Å². The van der Waals surface area contributed by atoms with Crippen LogP contribution in [-0.4, -0.2) is 49.7 Å². The first kappa shape index (κ1) is 20.1. The second-order valence-electron chi connectivity index (χ2n) is 5.59. The van der Waals surface area contributed by atoms with Crippen molar-refractivity contribution >= 4 is 46.1 Å². The number of methoxy groups -OCH3 is 1. The van der Waals surface area contributed by atoms with E-state index in [4.69, 9.17) is 5.73 Å². The number of hydrogen-bond donors (Lipinski definition) is 2. The van der Waals surface area contributed by atoms with Crippen LogP contribution in [0.15, 0.2) is 5.16 Å². The number of nitrogens with one attached hydrogen (secondary N) is 1. The van der Waals surface area contributed by atoms with Crippen LogP contribution in [0.3, 0.4) is 0 Å². The summed E-state index contributed by atoms with van der Waals surface area (Å²) in [6, 6.07) is -0.642. The van der Waals surface area contributed by atoms with E-state index in [0.717, 1.165) is 16.8 Å². The Hall–Kier alpha value is -2.21. The second kappa shape index (κ2) is 8.94. The molecule has 1 amide bonds. The molecule has 0 aliphatic carbocycles. The zero-order chi connectivity index (χ0) is 19.3. The van der Waals surface area contributed by atoms with Crippen molar-refractivity contribution in [3.63, 3.8) is 0 Å². The van der Waals surface area contributed by atoms with Crippen LogP contribution in [0.1, 0.15) is 44.2 Å². The summed E-state index contributed by atoms with van der Waals surface area (Å²) in [5.74, 6) is -0.337. The van der Waals surface area contributed by atoms with E-state index in [-0.39, 0.29) is 23.5 Å². The van der Waals surface area contributed by atoms with Gasteiger partial charge in [0.25, 0.3) is 0 Å². The van der Waals surface area contributed by atoms with Crippen LogP contribution in [0.4, 0.5) is 11.1 Å². The maximum Gasteiger partial charge on any atom is 0.316 e. The van der Waals surface area contributed by atoms with Gasteiger partial charge in [-0.1, -0.05) is 43.9 Å². The Morgan fingerprint density at radius 1 is 1.31 bits per heavy atom. The van der Waals surface area contributed by atoms with E-state index in [1.165, 1.54) is 23.0 Å². The summed E-state index contributed by atoms with van der Waals surface area (Å²) >= 11 is 2.43. The van der Waals surface area contributed by atoms with Crippen LogP contribution in [-0.2, 0) is 14.3 Å². The normalized spacial score (nSPS) is 12.2. The third-order valence-electron chi connectivity index (χ3n) is 3.40. The molecule has 10 nitrogen and oxygen atoms in total. The standard InChI is InChI=1S/C14H21N7O3S2/c1-5-8(10(23)16-13-19-17-11(26-13)7(2)3)21-12(15)18-20-14(21)25-6-9(22)24-4/h7-8H,5-6H2,1-4H3,(H2,15,18)(H,16,19,23). The highest BCUT2D eigenvalue weighted by Crippen LogP contribution is 2.27. The topological polar surface area (TPSA) is 138 Å². The van der Waals surface area contributed by atoms with Gasteiger partial charge in [0.05, 0.1) is 12.9 Å². The number of amides is 1. The lowest BCUT2D eigenvalue weighted by molar-refractivity contribution is -0.137. The highest BCUT2D eigenvalue weighted by molar-refractivity contribution is 7.99. The number of hydrogen-bond acceptors (Lipinski definition) is 10. The van der Waals surface area contributed by atoms with E-state index in [0.29, 0.717) is 16.7 Å². The third-order valence-corrected chi connectivity index (χ3v) is 5.46. The number of nitrogens with zero attached hydrogens (tertiary/aromatic N) is 5. The largest absolute Gasteiger partial charge is 0.468 e. The Balaban J connectivity index is 2.17. The minimum absolute atomic E-state index is 0.0425. The third kappa shape index (κ3) is 4.69. The quantitative estimate of drug-likeness (QED) is 0.501. The molecule has 12 heteroatoms. The molecule has 2 heterocycles. The summed E-state index contributed by atoms with van der Waals surface area (Å²) in [6.45, 7) is 5.85. The summed E-state index contributed by atoms with van der Waals surface area (Å²) in [4.78, 5) is 24.1. The molecule has 1 unspecified atom stereocenters. The molecule has 0 spiro atoms. The van der Waals surface area contributed by atoms with Gasteiger partial charge < -0.3 is 10.5 Å². The molecule has 1 atom stereocenters. The van der Waals surface area contributed by atoms with Gasteiger partial charge in [-0.25, -0.2) is 0 Å². The zero-order valence-corrected chi connectivity index (χ0v) is 16.6. The van der Waals surface area contributed by atoms with Crippen molar-refractivity contribution in [2.45, 2.75) is 44.3 Å². The summed E-state index contributed by atoms with van der Waals surface area (Å²) < 4.78 is 6.12. The molecule has 0 aliphatic rings. The number of nitrogens with two attached hydrogens (primary N) is 1. The van der Waals surface area contributed by atoms with Crippen molar-refractivity contribution in [1.82, 2.24) is 25.0 Å². The van der Waals surface area contributed by atoms with Gasteiger partial charge in [0.1, 0.15) is 11.0 Å². The van der Waals surface area contributed by atoms with Gasteiger partial charge in [0.15, 0.2) is 5.16 Å². The smallest absolute Gasteiger partial charge is 0.316 e. The van der Waals surface area contributed by atoms with E-state index in [9.17, 15) is 9.59 Å². The zero-order valence-electron chi connectivity index (χ0n) is 14.9. The maximum atomic E-state index is 12.7. The molecule has 0 fully saturated rings. The van der Waals surface area contributed by atoms with Gasteiger partial charge in [0.2, 0.25) is 17.0 Å². The number of rotatable bonds is 8. The number of ether oxygens (including phenoxy) is 1. The van der Waals surface area contributed by atoms with Crippen LogP contribution < -0.4 is 11.1 Å². The molecular weight excluding hydrogens is 378 g/mol. The van der Waals surface area contributed by atoms with E-state index >= 15 is 0 Å². The van der Waals surface area contributed by atoms with E-state index < -0.39 is 12.0 Å². The van der Waals surface area contributed by atoms with Gasteiger partial charge in [-0.05, 0) is 6.42 Å². The van der Waals surface area contributed by atoms with Crippen molar-refractivity contribution in [3.8, 4) is 0 Å². The average molecular weight is 400 g/mol. The number of anilines is 2. The molecule has 2 aromatic rings. The summed E-state index contributed by atoms with van der Waals surface area (Å²) in [6.07, 6.45) is 0.454. The molecule has 0 bridgehead atoms. The number of carbonyl (C=O) groups excluding carboxylic acids is 2. The lowest BCUT2D eigenvalue weighted by Crippen LogP contribution is -2.27. The van der Waals surface area contributed by atoms with Gasteiger partial charge in [-0.15, -0.1) is 20.4 Å². The molecular formula is C14H21N7O3S2. The Morgan fingerprint density at radius 3 is 2.62 bits per heavy atom. The molecule has 3 N–H and O–H groups in total. The Kier molecular flexibility index (Phi) is 6.91. The van der Waals surface area contributed by atoms with Crippen LogP contribution in [0, 0.1) is 0 Å². The molecule has 2 aromatic heterocycles. The Morgan fingerprint density at radius 2 is 2.04 bits per heavy atom. The summed E-state index contributed by atoms with van der Waals surface area (Å²) in [5, 5.41) is 20.2. The van der Waals surface area contributed by atoms with E-state index in [2.05, 4.69) is 30.4 Å². The van der Waals surface area contributed by atoms with Crippen molar-refractivity contribution in [3.05, 3.63) is 5.01 Å². The fraction of sp³-hybridized carbons (Fsp3) is 0.571. The summed E-state index contributed by atoms with van der Waals surface area (Å²) in [7, 11) is 1.30. The van der Waals surface area contributed by atoms with Crippen LogP contribution in [0.5, 0.6) is 0 Å². The minimum Gasteiger partial charge on any atom is -0.468 e. The number of aromatic nitrogens is 5. The Labute approximate surface area is 158 Å². The van der Waals surface area contributed by atoms with Gasteiger partial charge >= 0.3 is 5.97 Å². The SMILES string of the molecule is CCC(C(=O)Nc1nnc(C(C)C)s1)n1c(N)nnc1SCC(=O)OC. The predicted molar refractivity (Wildman–Crippen MR) is 99.1 cm³/mol. The molecule has 0 aliphatic heterocycles. The fourth-order valence-electron chi connectivity index (χ4n) is 2.05. The van der Waals surface area contributed by atoms with Crippen molar-refractivity contribution in [1.29, 1.82) is 0 Å². The second-order valence-corrected chi connectivity index (χ2v) is 7.54. The fourth-order valence-corrected chi connectivity index (χ4v) is 3.63. The molecule has 0 aromatic carbocycles. The first-order valence-corrected chi connectivity index (χ1v) is 9.71. The molecule has 2 rings (SSSR count). The lowest BCUT2D eigenvalue weighted by atomic mass is 10.2. The first-order chi connectivity index (χ1) is 12.4. The van der Waals surface area contributed by atoms with Gasteiger partial charge in [0, 0.05) is 5.92 Å². The first-order valence-electron chi connectivity index (χ1n) is 7.91. The monoisotopic (exact) mass is 399 g/mol. The lowest BCUT2D eigenvalue weighted by Gasteiger charge is -2.18. The van der Waals surface area contributed by atoms with Crippen molar-refractivity contribution in [2.75, 3.05) is 23.9 Å². The number of thioether (sulfide) groups is 1. The minimum atomic E-state index is -0.642. The van der Waals surface area contributed by atoms with Gasteiger partial charge in [-0.3, -0.25) is 19.5 Å². The van der Waals surface area contributed by atoms with E-state index in [1.807, 2.05) is 20.8 Å². The Bertz CT molecular complexity index is 774. The molecule has 26 heavy (non-hydrogen) atoms. The molecule has 142 valence electrons. The van der Waals surface area contributed by atoms with E-state index in [1.54, 1.807) is 0 Å². The molecule has 0 radical (unpaired) electrons. The number of nitrogen functional groups attached to an aromatic ring is 1. The van der Waals surface area contributed by atoms with Crippen LogP contribution >= 0.6 is 23.1 Å².